The summed E-state index contributed by atoms with van der Waals surface area (Å²) in [6.07, 6.45) is 1.26. The Morgan fingerprint density at radius 1 is 1.44 bits per heavy atom. The summed E-state index contributed by atoms with van der Waals surface area (Å²) in [5.74, 6) is 0.792. The van der Waals surface area contributed by atoms with Crippen LogP contribution in [0.1, 0.15) is 26.0 Å². The maximum Gasteiger partial charge on any atom is 0.0795 e. The molecule has 92 valence electrons. The Hall–Kier alpha value is -0.450. The van der Waals surface area contributed by atoms with Crippen molar-refractivity contribution in [1.29, 1.82) is 0 Å². The van der Waals surface area contributed by atoms with Crippen LogP contribution in [0.15, 0.2) is 10.9 Å². The highest BCUT2D eigenvalue weighted by Gasteiger charge is 2.01. The Kier molecular flexibility index (Phi) is 6.61. The van der Waals surface area contributed by atoms with Crippen molar-refractivity contribution in [2.75, 3.05) is 26.7 Å². The molecule has 1 heterocycles. The van der Waals surface area contributed by atoms with Gasteiger partial charge >= 0.3 is 0 Å². The molecule has 16 heavy (non-hydrogen) atoms. The fourth-order valence-corrected chi connectivity index (χ4v) is 2.01. The smallest absolute Gasteiger partial charge is 0.0795 e. The summed E-state index contributed by atoms with van der Waals surface area (Å²) >= 11 is 1.66. The highest BCUT2D eigenvalue weighted by atomic mass is 32.1. The van der Waals surface area contributed by atoms with Crippen molar-refractivity contribution in [3.63, 3.8) is 0 Å². The normalized spacial score (nSPS) is 11.6. The molecule has 0 aliphatic heterocycles. The largest absolute Gasteiger partial charge is 0.315 e. The minimum Gasteiger partial charge on any atom is -0.315 e. The standard InChI is InChI=1S/C12H23N3S/c1-11(2)4-5-13-6-7-15(3)8-12-9-16-10-14-12/h9-11,13H,4-8H2,1-3H3. The molecule has 0 radical (unpaired) electrons. The highest BCUT2D eigenvalue weighted by Crippen LogP contribution is 2.03. The van der Waals surface area contributed by atoms with Crippen LogP contribution in [0, 0.1) is 5.92 Å². The lowest BCUT2D eigenvalue weighted by Crippen LogP contribution is -2.29. The first-order chi connectivity index (χ1) is 7.68. The van der Waals surface area contributed by atoms with Gasteiger partial charge in [-0.05, 0) is 25.9 Å². The molecule has 0 unspecified atom stereocenters. The van der Waals surface area contributed by atoms with Gasteiger partial charge in [-0.3, -0.25) is 4.90 Å². The van der Waals surface area contributed by atoms with Crippen LogP contribution in [0.25, 0.3) is 0 Å². The van der Waals surface area contributed by atoms with E-state index in [0.717, 1.165) is 32.1 Å². The maximum atomic E-state index is 4.28. The summed E-state index contributed by atoms with van der Waals surface area (Å²) in [5, 5.41) is 5.58. The Morgan fingerprint density at radius 3 is 2.88 bits per heavy atom. The second kappa shape index (κ2) is 7.76. The van der Waals surface area contributed by atoms with E-state index in [9.17, 15) is 0 Å². The first-order valence-electron chi connectivity index (χ1n) is 5.95. The highest BCUT2D eigenvalue weighted by molar-refractivity contribution is 7.07. The van der Waals surface area contributed by atoms with E-state index in [4.69, 9.17) is 0 Å². The van der Waals surface area contributed by atoms with Crippen molar-refractivity contribution in [2.45, 2.75) is 26.8 Å². The van der Waals surface area contributed by atoms with Gasteiger partial charge in [-0.15, -0.1) is 11.3 Å². The lowest BCUT2D eigenvalue weighted by molar-refractivity contribution is 0.320. The number of aromatic nitrogens is 1. The number of thiazole rings is 1. The predicted molar refractivity (Wildman–Crippen MR) is 70.8 cm³/mol. The number of hydrogen-bond acceptors (Lipinski definition) is 4. The van der Waals surface area contributed by atoms with Gasteiger partial charge in [0, 0.05) is 25.0 Å². The number of hydrogen-bond donors (Lipinski definition) is 1. The molecule has 0 saturated heterocycles. The molecule has 4 heteroatoms. The second-order valence-corrected chi connectivity index (χ2v) is 5.37. The van der Waals surface area contributed by atoms with Crippen LogP contribution in [-0.4, -0.2) is 36.6 Å². The molecule has 1 N–H and O–H groups in total. The molecule has 1 aromatic heterocycles. The number of nitrogens with one attached hydrogen (secondary N) is 1. The quantitative estimate of drug-likeness (QED) is 0.707. The average molecular weight is 241 g/mol. The monoisotopic (exact) mass is 241 g/mol. The summed E-state index contributed by atoms with van der Waals surface area (Å²) in [5.41, 5.74) is 3.07. The minimum absolute atomic E-state index is 0.792. The van der Waals surface area contributed by atoms with E-state index in [1.807, 2.05) is 5.51 Å². The molecule has 0 amide bonds. The summed E-state index contributed by atoms with van der Waals surface area (Å²) in [4.78, 5) is 6.58. The van der Waals surface area contributed by atoms with Crippen LogP contribution in [0.4, 0.5) is 0 Å². The molecule has 0 saturated carbocycles. The minimum atomic E-state index is 0.792. The molecule has 1 aromatic rings. The van der Waals surface area contributed by atoms with E-state index in [2.05, 4.69) is 41.5 Å². The van der Waals surface area contributed by atoms with Gasteiger partial charge < -0.3 is 5.32 Å². The van der Waals surface area contributed by atoms with Crippen molar-refractivity contribution in [2.24, 2.45) is 5.92 Å². The van der Waals surface area contributed by atoms with Crippen LogP contribution >= 0.6 is 11.3 Å². The van der Waals surface area contributed by atoms with Gasteiger partial charge in [-0.2, -0.15) is 0 Å². The Bertz CT molecular complexity index is 259. The van der Waals surface area contributed by atoms with Gasteiger partial charge in [0.05, 0.1) is 11.2 Å². The molecular weight excluding hydrogens is 218 g/mol. The van der Waals surface area contributed by atoms with Gasteiger partial charge in [-0.1, -0.05) is 13.8 Å². The summed E-state index contributed by atoms with van der Waals surface area (Å²) in [6, 6.07) is 0. The Balaban J connectivity index is 2.00. The molecule has 3 nitrogen and oxygen atoms in total. The third kappa shape index (κ3) is 6.20. The molecule has 0 atom stereocenters. The van der Waals surface area contributed by atoms with Gasteiger partial charge in [0.1, 0.15) is 0 Å². The average Bonchev–Trinajstić information content (AvgIpc) is 2.69. The molecule has 1 rings (SSSR count). The first kappa shape index (κ1) is 13.6. The van der Waals surface area contributed by atoms with Crippen LogP contribution in [0.2, 0.25) is 0 Å². The Labute approximate surface area is 103 Å². The van der Waals surface area contributed by atoms with E-state index in [1.54, 1.807) is 11.3 Å². The van der Waals surface area contributed by atoms with Gasteiger partial charge in [0.15, 0.2) is 0 Å². The van der Waals surface area contributed by atoms with E-state index in [0.29, 0.717) is 0 Å². The summed E-state index contributed by atoms with van der Waals surface area (Å²) in [7, 11) is 2.14. The lowest BCUT2D eigenvalue weighted by atomic mass is 10.1. The zero-order valence-corrected chi connectivity index (χ0v) is 11.4. The topological polar surface area (TPSA) is 28.2 Å². The van der Waals surface area contributed by atoms with E-state index < -0.39 is 0 Å². The second-order valence-electron chi connectivity index (χ2n) is 4.65. The van der Waals surface area contributed by atoms with Crippen molar-refractivity contribution in [3.8, 4) is 0 Å². The van der Waals surface area contributed by atoms with Crippen LogP contribution in [-0.2, 0) is 6.54 Å². The van der Waals surface area contributed by atoms with Crippen molar-refractivity contribution >= 4 is 11.3 Å². The third-order valence-corrected chi connectivity index (χ3v) is 3.12. The fourth-order valence-electron chi connectivity index (χ4n) is 1.46. The number of likely N-dealkylation sites (N-methyl/N-ethyl adjacent to an activating group) is 1. The van der Waals surface area contributed by atoms with Crippen LogP contribution in [0.5, 0.6) is 0 Å². The predicted octanol–water partition coefficient (Wildman–Crippen LogP) is 2.21. The zero-order valence-electron chi connectivity index (χ0n) is 10.6. The lowest BCUT2D eigenvalue weighted by Gasteiger charge is -2.15. The van der Waals surface area contributed by atoms with Crippen molar-refractivity contribution in [1.82, 2.24) is 15.2 Å². The molecule has 0 bridgehead atoms. The maximum absolute atomic E-state index is 4.28. The van der Waals surface area contributed by atoms with E-state index in [1.165, 1.54) is 12.1 Å². The molecule has 0 aliphatic rings. The molecule has 0 aromatic carbocycles. The third-order valence-electron chi connectivity index (χ3n) is 2.48. The van der Waals surface area contributed by atoms with E-state index in [-0.39, 0.29) is 0 Å². The molecule has 0 aliphatic carbocycles. The number of nitrogens with zero attached hydrogens (tertiary/aromatic N) is 2. The summed E-state index contributed by atoms with van der Waals surface area (Å²) in [6.45, 7) is 8.74. The zero-order chi connectivity index (χ0) is 11.8. The van der Waals surface area contributed by atoms with Crippen LogP contribution in [0.3, 0.4) is 0 Å². The van der Waals surface area contributed by atoms with Crippen molar-refractivity contribution in [3.05, 3.63) is 16.6 Å². The van der Waals surface area contributed by atoms with Gasteiger partial charge in [-0.25, -0.2) is 4.98 Å². The first-order valence-corrected chi connectivity index (χ1v) is 6.89. The van der Waals surface area contributed by atoms with Gasteiger partial charge in [0.2, 0.25) is 0 Å². The van der Waals surface area contributed by atoms with Crippen LogP contribution < -0.4 is 5.32 Å². The molecular formula is C12H23N3S. The Morgan fingerprint density at radius 2 is 2.25 bits per heavy atom. The van der Waals surface area contributed by atoms with E-state index >= 15 is 0 Å². The molecule has 0 spiro atoms. The molecule has 0 fully saturated rings. The SMILES string of the molecule is CC(C)CCNCCN(C)Cc1cscn1. The van der Waals surface area contributed by atoms with Crippen molar-refractivity contribution < 1.29 is 0 Å². The summed E-state index contributed by atoms with van der Waals surface area (Å²) < 4.78 is 0. The number of rotatable bonds is 8. The van der Waals surface area contributed by atoms with Gasteiger partial charge in [0.25, 0.3) is 0 Å². The fraction of sp³-hybridized carbons (Fsp3) is 0.750.